The van der Waals surface area contributed by atoms with Crippen LogP contribution in [0.1, 0.15) is 44.1 Å². The Morgan fingerprint density at radius 3 is 2.56 bits per heavy atom. The Balaban J connectivity index is 1.61. The second-order valence-corrected chi connectivity index (χ2v) is 9.16. The lowest BCUT2D eigenvalue weighted by Crippen LogP contribution is -2.53. The van der Waals surface area contributed by atoms with Crippen molar-refractivity contribution in [2.75, 3.05) is 13.1 Å². The molecule has 1 aliphatic heterocycles. The van der Waals surface area contributed by atoms with Crippen molar-refractivity contribution in [1.82, 2.24) is 9.62 Å². The van der Waals surface area contributed by atoms with Crippen molar-refractivity contribution < 1.29 is 13.2 Å². The highest BCUT2D eigenvalue weighted by atomic mass is 32.2. The highest BCUT2D eigenvalue weighted by Crippen LogP contribution is 2.34. The molecule has 0 radical (unpaired) electrons. The average molecular weight is 365 g/mol. The summed E-state index contributed by atoms with van der Waals surface area (Å²) in [6.07, 6.45) is 4.44. The fourth-order valence-electron chi connectivity index (χ4n) is 3.83. The van der Waals surface area contributed by atoms with Gasteiger partial charge in [-0.05, 0) is 57.1 Å². The molecule has 1 saturated heterocycles. The molecule has 1 saturated carbocycles. The number of carbonyl (C=O) groups excluding carboxylic acids is 1. The van der Waals surface area contributed by atoms with Gasteiger partial charge >= 0.3 is 0 Å². The second-order valence-electron chi connectivity index (χ2n) is 7.48. The molecule has 25 heavy (non-hydrogen) atoms. The Bertz CT molecular complexity index is 726. The average Bonchev–Trinajstić information content (AvgIpc) is 3.17. The molecule has 0 aromatic heterocycles. The standard InChI is InChI=1S/C18H27N3O3S/c1-14-4-6-16(7-5-14)25(23,24)20-18(19)9-8-15(13-18)12-17(22)21-10-2-3-11-21/h4-7,15,20H,2-3,8-13,19H2,1H3/t15?,18-/m1/s1. The first-order valence-electron chi connectivity index (χ1n) is 8.95. The van der Waals surface area contributed by atoms with Crippen LogP contribution in [0.3, 0.4) is 0 Å². The Hall–Kier alpha value is -1.44. The number of rotatable bonds is 5. The SMILES string of the molecule is Cc1ccc(S(=O)(=O)N[C@]2(N)CCC(CC(=O)N3CCCC3)C2)cc1. The summed E-state index contributed by atoms with van der Waals surface area (Å²) >= 11 is 0. The van der Waals surface area contributed by atoms with E-state index in [0.29, 0.717) is 19.3 Å². The predicted molar refractivity (Wildman–Crippen MR) is 96.2 cm³/mol. The topological polar surface area (TPSA) is 92.5 Å². The molecule has 0 spiro atoms. The molecule has 2 atom stereocenters. The maximum absolute atomic E-state index is 12.6. The third kappa shape index (κ3) is 4.40. The number of likely N-dealkylation sites (tertiary alicyclic amines) is 1. The Kier molecular flexibility index (Phi) is 5.18. The number of nitrogens with one attached hydrogen (secondary N) is 1. The number of nitrogens with two attached hydrogens (primary N) is 1. The van der Waals surface area contributed by atoms with Gasteiger partial charge in [-0.25, -0.2) is 8.42 Å². The van der Waals surface area contributed by atoms with Gasteiger partial charge in [0.05, 0.1) is 10.6 Å². The highest BCUT2D eigenvalue weighted by Gasteiger charge is 2.40. The molecule has 7 heteroatoms. The zero-order valence-corrected chi connectivity index (χ0v) is 15.5. The van der Waals surface area contributed by atoms with Gasteiger partial charge in [-0.15, -0.1) is 0 Å². The van der Waals surface area contributed by atoms with Gasteiger partial charge in [0.25, 0.3) is 0 Å². The Morgan fingerprint density at radius 1 is 1.28 bits per heavy atom. The zero-order chi connectivity index (χ0) is 18.1. The first-order valence-corrected chi connectivity index (χ1v) is 10.4. The molecular formula is C18H27N3O3S. The van der Waals surface area contributed by atoms with Gasteiger partial charge in [-0.1, -0.05) is 17.7 Å². The van der Waals surface area contributed by atoms with Crippen LogP contribution < -0.4 is 10.5 Å². The summed E-state index contributed by atoms with van der Waals surface area (Å²) in [5.74, 6) is 0.312. The van der Waals surface area contributed by atoms with Gasteiger partial charge in [0.2, 0.25) is 15.9 Å². The summed E-state index contributed by atoms with van der Waals surface area (Å²) < 4.78 is 27.8. The monoisotopic (exact) mass is 365 g/mol. The van der Waals surface area contributed by atoms with Crippen LogP contribution in [0.15, 0.2) is 29.2 Å². The van der Waals surface area contributed by atoms with E-state index in [1.807, 2.05) is 11.8 Å². The number of nitrogens with zero attached hydrogens (tertiary/aromatic N) is 1. The molecule has 1 aromatic carbocycles. The first kappa shape index (κ1) is 18.4. The van der Waals surface area contributed by atoms with Gasteiger partial charge in [0.1, 0.15) is 0 Å². The Morgan fingerprint density at radius 2 is 1.92 bits per heavy atom. The molecule has 138 valence electrons. The largest absolute Gasteiger partial charge is 0.343 e. The zero-order valence-electron chi connectivity index (χ0n) is 14.7. The molecule has 2 fully saturated rings. The molecule has 1 aromatic rings. The van der Waals surface area contributed by atoms with E-state index >= 15 is 0 Å². The van der Waals surface area contributed by atoms with Crippen LogP contribution in [-0.2, 0) is 14.8 Å². The second kappa shape index (κ2) is 7.05. The van der Waals surface area contributed by atoms with E-state index in [1.165, 1.54) is 0 Å². The van der Waals surface area contributed by atoms with Crippen LogP contribution in [0, 0.1) is 12.8 Å². The molecule has 3 rings (SSSR count). The van der Waals surface area contributed by atoms with Crippen LogP contribution in [0.4, 0.5) is 0 Å². The van der Waals surface area contributed by atoms with Gasteiger partial charge in [-0.3, -0.25) is 4.79 Å². The maximum Gasteiger partial charge on any atom is 0.242 e. The van der Waals surface area contributed by atoms with Crippen LogP contribution in [0.2, 0.25) is 0 Å². The molecule has 3 N–H and O–H groups in total. The highest BCUT2D eigenvalue weighted by molar-refractivity contribution is 7.89. The minimum Gasteiger partial charge on any atom is -0.343 e. The van der Waals surface area contributed by atoms with Crippen molar-refractivity contribution in [3.05, 3.63) is 29.8 Å². The summed E-state index contributed by atoms with van der Waals surface area (Å²) in [6, 6.07) is 6.71. The molecule has 0 bridgehead atoms. The van der Waals surface area contributed by atoms with Crippen LogP contribution in [-0.4, -0.2) is 38.0 Å². The van der Waals surface area contributed by atoms with Crippen LogP contribution >= 0.6 is 0 Å². The number of aryl methyl sites for hydroxylation is 1. The van der Waals surface area contributed by atoms with Crippen molar-refractivity contribution in [2.24, 2.45) is 11.7 Å². The molecule has 1 heterocycles. The summed E-state index contributed by atoms with van der Waals surface area (Å²) in [5, 5.41) is 0. The summed E-state index contributed by atoms with van der Waals surface area (Å²) in [6.45, 7) is 3.60. The fourth-order valence-corrected chi connectivity index (χ4v) is 5.17. The summed E-state index contributed by atoms with van der Waals surface area (Å²) in [5.41, 5.74) is 6.35. The van der Waals surface area contributed by atoms with E-state index in [0.717, 1.165) is 37.9 Å². The minimum absolute atomic E-state index is 0.138. The van der Waals surface area contributed by atoms with E-state index in [4.69, 9.17) is 5.73 Å². The quantitative estimate of drug-likeness (QED) is 0.778. The van der Waals surface area contributed by atoms with E-state index in [-0.39, 0.29) is 16.7 Å². The number of sulfonamides is 1. The van der Waals surface area contributed by atoms with Crippen LogP contribution in [0.25, 0.3) is 0 Å². The lowest BCUT2D eigenvalue weighted by atomic mass is 10.0. The molecule has 1 aliphatic carbocycles. The smallest absolute Gasteiger partial charge is 0.242 e. The Labute approximate surface area is 149 Å². The molecular weight excluding hydrogens is 338 g/mol. The lowest BCUT2D eigenvalue weighted by Gasteiger charge is -2.26. The number of amides is 1. The maximum atomic E-state index is 12.6. The van der Waals surface area contributed by atoms with Crippen molar-refractivity contribution in [1.29, 1.82) is 0 Å². The van der Waals surface area contributed by atoms with E-state index in [1.54, 1.807) is 24.3 Å². The summed E-state index contributed by atoms with van der Waals surface area (Å²) in [4.78, 5) is 14.4. The number of hydrogen-bond acceptors (Lipinski definition) is 4. The predicted octanol–water partition coefficient (Wildman–Crippen LogP) is 1.74. The molecule has 1 amide bonds. The normalized spacial score (nSPS) is 27.0. The molecule has 1 unspecified atom stereocenters. The van der Waals surface area contributed by atoms with Gasteiger partial charge in [-0.2, -0.15) is 4.72 Å². The van der Waals surface area contributed by atoms with Crippen molar-refractivity contribution in [3.63, 3.8) is 0 Å². The van der Waals surface area contributed by atoms with Gasteiger partial charge < -0.3 is 10.6 Å². The van der Waals surface area contributed by atoms with Crippen molar-refractivity contribution in [2.45, 2.75) is 56.0 Å². The fraction of sp³-hybridized carbons (Fsp3) is 0.611. The number of hydrogen-bond donors (Lipinski definition) is 2. The van der Waals surface area contributed by atoms with Crippen molar-refractivity contribution >= 4 is 15.9 Å². The summed E-state index contributed by atoms with van der Waals surface area (Å²) in [7, 11) is -3.66. The number of carbonyl (C=O) groups is 1. The minimum atomic E-state index is -3.66. The van der Waals surface area contributed by atoms with E-state index in [9.17, 15) is 13.2 Å². The third-order valence-electron chi connectivity index (χ3n) is 5.24. The number of benzene rings is 1. The van der Waals surface area contributed by atoms with Gasteiger partial charge in [0, 0.05) is 19.5 Å². The molecule has 6 nitrogen and oxygen atoms in total. The van der Waals surface area contributed by atoms with E-state index in [2.05, 4.69) is 4.72 Å². The van der Waals surface area contributed by atoms with E-state index < -0.39 is 15.7 Å². The molecule has 2 aliphatic rings. The van der Waals surface area contributed by atoms with Gasteiger partial charge in [0.15, 0.2) is 0 Å². The lowest BCUT2D eigenvalue weighted by molar-refractivity contribution is -0.131. The first-order chi connectivity index (χ1) is 11.8. The third-order valence-corrected chi connectivity index (χ3v) is 6.81. The van der Waals surface area contributed by atoms with Crippen LogP contribution in [0.5, 0.6) is 0 Å². The van der Waals surface area contributed by atoms with Crippen molar-refractivity contribution in [3.8, 4) is 0 Å².